The summed E-state index contributed by atoms with van der Waals surface area (Å²) in [7, 11) is 1.58. The van der Waals surface area contributed by atoms with Crippen LogP contribution in [0.1, 0.15) is 5.56 Å². The second-order valence-electron chi connectivity index (χ2n) is 5.26. The summed E-state index contributed by atoms with van der Waals surface area (Å²) in [6.07, 6.45) is 1.43. The molecule has 1 N–H and O–H groups in total. The first-order valence-corrected chi connectivity index (χ1v) is 7.33. The van der Waals surface area contributed by atoms with Crippen LogP contribution in [-0.2, 0) is 6.54 Å². The number of nitrogens with zero attached hydrogens (tertiary/aromatic N) is 2. The Hall–Kier alpha value is -3.28. The highest BCUT2D eigenvalue weighted by Gasteiger charge is 2.08. The molecule has 0 aliphatic rings. The third-order valence-electron chi connectivity index (χ3n) is 3.70. The van der Waals surface area contributed by atoms with E-state index in [1.54, 1.807) is 31.4 Å². The summed E-state index contributed by atoms with van der Waals surface area (Å²) in [6, 6.07) is 14.7. The van der Waals surface area contributed by atoms with Crippen LogP contribution in [-0.4, -0.2) is 21.4 Å². The van der Waals surface area contributed by atoms with Gasteiger partial charge in [0, 0.05) is 12.3 Å². The van der Waals surface area contributed by atoms with E-state index in [1.807, 2.05) is 12.1 Å². The van der Waals surface area contributed by atoms with Gasteiger partial charge in [-0.05, 0) is 42.0 Å². The van der Waals surface area contributed by atoms with Gasteiger partial charge in [-0.1, -0.05) is 12.1 Å². The van der Waals surface area contributed by atoms with Crippen molar-refractivity contribution < 1.29 is 9.84 Å². The highest BCUT2D eigenvalue weighted by molar-refractivity contribution is 5.36. The Kier molecular flexibility index (Phi) is 4.20. The summed E-state index contributed by atoms with van der Waals surface area (Å²) in [5.41, 5.74) is 0.578. The number of hydrogen-bond acceptors (Lipinski definition) is 4. The molecule has 0 unspecified atom stereocenters. The number of phenols is 1. The molecule has 2 aromatic carbocycles. The van der Waals surface area contributed by atoms with E-state index in [0.29, 0.717) is 11.4 Å². The van der Waals surface area contributed by atoms with Gasteiger partial charge < -0.3 is 9.84 Å². The standard InChI is InChI=1S/C18H16N2O4/c1-24-16-8-2-13(3-9-16)12-20-17(22)10-11-19(18(20)23)14-4-6-15(21)7-5-14/h2-11,21H,12H2,1H3. The van der Waals surface area contributed by atoms with Crippen molar-refractivity contribution in [3.05, 3.63) is 87.2 Å². The lowest BCUT2D eigenvalue weighted by molar-refractivity contribution is 0.414. The van der Waals surface area contributed by atoms with Crippen molar-refractivity contribution >= 4 is 0 Å². The number of hydrogen-bond donors (Lipinski definition) is 1. The van der Waals surface area contributed by atoms with E-state index >= 15 is 0 Å². The SMILES string of the molecule is COc1ccc(Cn2c(=O)ccn(-c3ccc(O)cc3)c2=O)cc1. The zero-order valence-corrected chi connectivity index (χ0v) is 13.0. The molecule has 3 aromatic rings. The average Bonchev–Trinajstić information content (AvgIpc) is 2.60. The zero-order valence-electron chi connectivity index (χ0n) is 13.0. The molecule has 6 heteroatoms. The van der Waals surface area contributed by atoms with Crippen molar-refractivity contribution in [2.45, 2.75) is 6.54 Å². The molecule has 0 fully saturated rings. The Bertz CT molecular complexity index is 954. The van der Waals surface area contributed by atoms with Crippen molar-refractivity contribution in [1.82, 2.24) is 9.13 Å². The van der Waals surface area contributed by atoms with E-state index in [4.69, 9.17) is 4.74 Å². The number of aromatic nitrogens is 2. The lowest BCUT2D eigenvalue weighted by atomic mass is 10.2. The van der Waals surface area contributed by atoms with Crippen LogP contribution in [0.25, 0.3) is 5.69 Å². The van der Waals surface area contributed by atoms with E-state index in [9.17, 15) is 14.7 Å². The van der Waals surface area contributed by atoms with Crippen LogP contribution >= 0.6 is 0 Å². The molecule has 0 amide bonds. The molecule has 0 aliphatic carbocycles. The number of ether oxygens (including phenoxy) is 1. The molecule has 0 radical (unpaired) electrons. The molecule has 0 saturated heterocycles. The van der Waals surface area contributed by atoms with Gasteiger partial charge in [0.25, 0.3) is 5.56 Å². The predicted octanol–water partition coefficient (Wildman–Crippen LogP) is 1.76. The second-order valence-corrected chi connectivity index (χ2v) is 5.26. The van der Waals surface area contributed by atoms with E-state index in [1.165, 1.54) is 29.0 Å². The Labute approximate surface area is 137 Å². The fourth-order valence-electron chi connectivity index (χ4n) is 2.39. The maximum atomic E-state index is 12.6. The van der Waals surface area contributed by atoms with Gasteiger partial charge in [0.2, 0.25) is 0 Å². The molecular formula is C18H16N2O4. The minimum atomic E-state index is -0.441. The second kappa shape index (κ2) is 6.45. The molecule has 0 spiro atoms. The molecular weight excluding hydrogens is 308 g/mol. The number of methoxy groups -OCH3 is 1. The summed E-state index contributed by atoms with van der Waals surface area (Å²) < 4.78 is 7.63. The van der Waals surface area contributed by atoms with Gasteiger partial charge in [0.15, 0.2) is 0 Å². The van der Waals surface area contributed by atoms with Crippen molar-refractivity contribution in [1.29, 1.82) is 0 Å². The Morgan fingerprint density at radius 1 is 0.958 bits per heavy atom. The van der Waals surface area contributed by atoms with Gasteiger partial charge in [-0.3, -0.25) is 13.9 Å². The Morgan fingerprint density at radius 2 is 1.62 bits per heavy atom. The first kappa shape index (κ1) is 15.6. The molecule has 3 rings (SSSR count). The first-order chi connectivity index (χ1) is 11.6. The number of benzene rings is 2. The fourth-order valence-corrected chi connectivity index (χ4v) is 2.39. The number of aromatic hydroxyl groups is 1. The maximum Gasteiger partial charge on any atom is 0.335 e. The fraction of sp³-hybridized carbons (Fsp3) is 0.111. The van der Waals surface area contributed by atoms with E-state index < -0.39 is 5.69 Å². The monoisotopic (exact) mass is 324 g/mol. The summed E-state index contributed by atoms with van der Waals surface area (Å²) in [6.45, 7) is 0.167. The van der Waals surface area contributed by atoms with Crippen LogP contribution in [0, 0.1) is 0 Å². The van der Waals surface area contributed by atoms with E-state index in [0.717, 1.165) is 10.1 Å². The van der Waals surface area contributed by atoms with Crippen LogP contribution in [0.4, 0.5) is 0 Å². The molecule has 122 valence electrons. The van der Waals surface area contributed by atoms with E-state index in [-0.39, 0.29) is 17.9 Å². The van der Waals surface area contributed by atoms with Crippen LogP contribution in [0.15, 0.2) is 70.4 Å². The largest absolute Gasteiger partial charge is 0.508 e. The van der Waals surface area contributed by atoms with Crippen molar-refractivity contribution in [3.63, 3.8) is 0 Å². The smallest absolute Gasteiger partial charge is 0.335 e. The van der Waals surface area contributed by atoms with Crippen LogP contribution in [0.5, 0.6) is 11.5 Å². The molecule has 24 heavy (non-hydrogen) atoms. The minimum absolute atomic E-state index is 0.110. The molecule has 0 aliphatic heterocycles. The first-order valence-electron chi connectivity index (χ1n) is 7.33. The molecule has 0 atom stereocenters. The van der Waals surface area contributed by atoms with Crippen LogP contribution in [0.2, 0.25) is 0 Å². The maximum absolute atomic E-state index is 12.6. The molecule has 1 aromatic heterocycles. The normalized spacial score (nSPS) is 10.5. The molecule has 6 nitrogen and oxygen atoms in total. The quantitative estimate of drug-likeness (QED) is 0.794. The lowest BCUT2D eigenvalue weighted by Gasteiger charge is -2.10. The summed E-state index contributed by atoms with van der Waals surface area (Å²) >= 11 is 0. The topological polar surface area (TPSA) is 73.5 Å². The molecule has 1 heterocycles. The van der Waals surface area contributed by atoms with Gasteiger partial charge in [0.05, 0.1) is 19.3 Å². The number of phenolic OH excluding ortho intramolecular Hbond substituents is 1. The van der Waals surface area contributed by atoms with Gasteiger partial charge in [-0.2, -0.15) is 0 Å². The van der Waals surface area contributed by atoms with Crippen LogP contribution < -0.4 is 16.0 Å². The van der Waals surface area contributed by atoms with Crippen LogP contribution in [0.3, 0.4) is 0 Å². The molecule has 0 bridgehead atoms. The van der Waals surface area contributed by atoms with Crippen molar-refractivity contribution in [2.75, 3.05) is 7.11 Å². The summed E-state index contributed by atoms with van der Waals surface area (Å²) in [5, 5.41) is 9.36. The van der Waals surface area contributed by atoms with E-state index in [2.05, 4.69) is 0 Å². The molecule has 0 saturated carbocycles. The third-order valence-corrected chi connectivity index (χ3v) is 3.70. The van der Waals surface area contributed by atoms with Crippen molar-refractivity contribution in [2.24, 2.45) is 0 Å². The minimum Gasteiger partial charge on any atom is -0.508 e. The zero-order chi connectivity index (χ0) is 17.1. The number of rotatable bonds is 4. The summed E-state index contributed by atoms with van der Waals surface area (Å²) in [4.78, 5) is 24.7. The summed E-state index contributed by atoms with van der Waals surface area (Å²) in [5.74, 6) is 0.819. The van der Waals surface area contributed by atoms with Crippen molar-refractivity contribution in [3.8, 4) is 17.2 Å². The van der Waals surface area contributed by atoms with Gasteiger partial charge in [-0.25, -0.2) is 4.79 Å². The third kappa shape index (κ3) is 3.08. The Morgan fingerprint density at radius 3 is 2.25 bits per heavy atom. The van der Waals surface area contributed by atoms with Gasteiger partial charge >= 0.3 is 5.69 Å². The average molecular weight is 324 g/mol. The van der Waals surface area contributed by atoms with Gasteiger partial charge in [0.1, 0.15) is 11.5 Å². The Balaban J connectivity index is 2.01. The van der Waals surface area contributed by atoms with Gasteiger partial charge in [-0.15, -0.1) is 0 Å². The highest BCUT2D eigenvalue weighted by Crippen LogP contribution is 2.13. The lowest BCUT2D eigenvalue weighted by Crippen LogP contribution is -2.38. The predicted molar refractivity (Wildman–Crippen MR) is 90.1 cm³/mol. The highest BCUT2D eigenvalue weighted by atomic mass is 16.5.